The van der Waals surface area contributed by atoms with Crippen LogP contribution in [0.5, 0.6) is 0 Å². The van der Waals surface area contributed by atoms with Crippen LogP contribution in [0.15, 0.2) is 16.8 Å². The lowest BCUT2D eigenvalue weighted by Crippen LogP contribution is -2.51. The summed E-state index contributed by atoms with van der Waals surface area (Å²) in [6.07, 6.45) is 20.5. The molecule has 4 unspecified atom stereocenters. The summed E-state index contributed by atoms with van der Waals surface area (Å²) in [7, 11) is 0. The van der Waals surface area contributed by atoms with Gasteiger partial charge in [0.1, 0.15) is 6.61 Å². The summed E-state index contributed by atoms with van der Waals surface area (Å²) < 4.78 is 0. The first kappa shape index (κ1) is 26.8. The quantitative estimate of drug-likeness (QED) is 0.236. The van der Waals surface area contributed by atoms with Gasteiger partial charge < -0.3 is 4.84 Å². The normalized spacial score (nSPS) is 40.6. The second-order valence-corrected chi connectivity index (χ2v) is 14.5. The van der Waals surface area contributed by atoms with Gasteiger partial charge >= 0.3 is 0 Å². The fourth-order valence-corrected chi connectivity index (χ4v) is 9.97. The van der Waals surface area contributed by atoms with Gasteiger partial charge in [-0.2, -0.15) is 0 Å². The first-order valence-electron chi connectivity index (χ1n) is 15.9. The number of oxime groups is 1. The van der Waals surface area contributed by atoms with Crippen LogP contribution >= 0.6 is 0 Å². The van der Waals surface area contributed by atoms with Crippen LogP contribution in [-0.2, 0) is 4.84 Å². The lowest BCUT2D eigenvalue weighted by Gasteiger charge is -2.58. The molecule has 0 aromatic carbocycles. The number of hydrogen-bond donors (Lipinski definition) is 0. The summed E-state index contributed by atoms with van der Waals surface area (Å²) in [6.45, 7) is 17.0. The summed E-state index contributed by atoms with van der Waals surface area (Å²) in [5.74, 6) is 5.53. The molecule has 0 aromatic heterocycles. The van der Waals surface area contributed by atoms with Crippen molar-refractivity contribution in [3.63, 3.8) is 0 Å². The molecule has 0 spiro atoms. The van der Waals surface area contributed by atoms with E-state index in [1.54, 1.807) is 5.57 Å². The lowest BCUT2D eigenvalue weighted by atomic mass is 9.46. The molecular weight excluding hydrogens is 440 g/mol. The average Bonchev–Trinajstić information content (AvgIpc) is 3.49. The van der Waals surface area contributed by atoms with Crippen LogP contribution in [0.2, 0.25) is 0 Å². The number of likely N-dealkylation sites (tertiary alicyclic amines) is 1. The van der Waals surface area contributed by atoms with Crippen LogP contribution < -0.4 is 0 Å². The molecule has 1 heterocycles. The van der Waals surface area contributed by atoms with Crippen molar-refractivity contribution < 1.29 is 4.84 Å². The van der Waals surface area contributed by atoms with Crippen molar-refractivity contribution >= 4 is 5.71 Å². The minimum absolute atomic E-state index is 0.403. The molecule has 0 aromatic rings. The monoisotopic (exact) mass is 496 g/mol. The van der Waals surface area contributed by atoms with E-state index in [0.29, 0.717) is 10.8 Å². The van der Waals surface area contributed by atoms with E-state index in [1.165, 1.54) is 95.9 Å². The van der Waals surface area contributed by atoms with Crippen molar-refractivity contribution in [2.45, 2.75) is 118 Å². The van der Waals surface area contributed by atoms with Crippen LogP contribution in [0.1, 0.15) is 118 Å². The van der Waals surface area contributed by atoms with Crippen molar-refractivity contribution in [3.8, 4) is 0 Å². The summed E-state index contributed by atoms with van der Waals surface area (Å²) >= 11 is 0. The smallest absolute Gasteiger partial charge is 0.129 e. The molecule has 4 aliphatic carbocycles. The maximum Gasteiger partial charge on any atom is 0.129 e. The molecule has 204 valence electrons. The Morgan fingerprint density at radius 1 is 0.972 bits per heavy atom. The Hall–Kier alpha value is -0.830. The molecule has 0 bridgehead atoms. The zero-order valence-electron chi connectivity index (χ0n) is 24.4. The molecule has 5 rings (SSSR count). The Labute approximate surface area is 222 Å². The molecule has 4 fully saturated rings. The second kappa shape index (κ2) is 11.1. The van der Waals surface area contributed by atoms with E-state index < -0.39 is 0 Å². The van der Waals surface area contributed by atoms with Crippen LogP contribution in [0.4, 0.5) is 0 Å². The molecule has 3 nitrogen and oxygen atoms in total. The predicted octanol–water partition coefficient (Wildman–Crippen LogP) is 8.50. The molecule has 0 amide bonds. The number of hydrogen-bond acceptors (Lipinski definition) is 3. The fraction of sp³-hybridized carbons (Fsp3) is 0.909. The van der Waals surface area contributed by atoms with Crippen LogP contribution in [-0.4, -0.2) is 36.9 Å². The molecule has 1 aliphatic heterocycles. The van der Waals surface area contributed by atoms with Gasteiger partial charge in [-0.05, 0) is 130 Å². The Kier molecular flexibility index (Phi) is 8.26. The van der Waals surface area contributed by atoms with E-state index in [0.717, 1.165) is 55.1 Å². The van der Waals surface area contributed by atoms with E-state index in [9.17, 15) is 0 Å². The van der Waals surface area contributed by atoms with Crippen molar-refractivity contribution in [3.05, 3.63) is 11.6 Å². The molecule has 3 saturated carbocycles. The van der Waals surface area contributed by atoms with Gasteiger partial charge in [-0.15, -0.1) is 0 Å². The summed E-state index contributed by atoms with van der Waals surface area (Å²) in [6, 6.07) is 0. The number of rotatable bonds is 9. The minimum Gasteiger partial charge on any atom is -0.394 e. The number of fused-ring (bicyclic) bond motifs is 5. The Morgan fingerprint density at radius 3 is 2.56 bits per heavy atom. The van der Waals surface area contributed by atoms with E-state index in [4.69, 9.17) is 4.84 Å². The third kappa shape index (κ3) is 5.21. The van der Waals surface area contributed by atoms with Gasteiger partial charge in [0.2, 0.25) is 0 Å². The van der Waals surface area contributed by atoms with Gasteiger partial charge in [-0.3, -0.25) is 4.90 Å². The van der Waals surface area contributed by atoms with Crippen molar-refractivity contribution in [1.29, 1.82) is 0 Å². The van der Waals surface area contributed by atoms with Gasteiger partial charge in [-0.1, -0.05) is 64.6 Å². The lowest BCUT2D eigenvalue weighted by molar-refractivity contribution is -0.0574. The molecule has 0 N–H and O–H groups in total. The highest BCUT2D eigenvalue weighted by Crippen LogP contribution is 2.67. The van der Waals surface area contributed by atoms with Gasteiger partial charge in [0.25, 0.3) is 0 Å². The van der Waals surface area contributed by atoms with Gasteiger partial charge in [-0.25, -0.2) is 0 Å². The first-order chi connectivity index (χ1) is 17.3. The Balaban J connectivity index is 1.20. The molecule has 36 heavy (non-hydrogen) atoms. The standard InChI is InChI=1S/C33H56N2O/c1-24(2)9-8-10-25(3)29-13-14-30-28-12-11-26-23-27(34-36-22-21-35-19-6-7-20-35)15-17-32(26,4)31(28)16-18-33(29,30)5/h23-25,28-31H,6-22H2,1-5H3/b34-27+/t25-,28?,29?,30?,31?,32+,33-/m1/s1. The molecule has 1 saturated heterocycles. The zero-order valence-corrected chi connectivity index (χ0v) is 24.4. The summed E-state index contributed by atoms with van der Waals surface area (Å²) in [5.41, 5.74) is 3.91. The van der Waals surface area contributed by atoms with Gasteiger partial charge in [0.15, 0.2) is 0 Å². The van der Waals surface area contributed by atoms with Gasteiger partial charge in [0, 0.05) is 6.54 Å². The van der Waals surface area contributed by atoms with Crippen LogP contribution in [0.25, 0.3) is 0 Å². The second-order valence-electron chi connectivity index (χ2n) is 14.5. The molecule has 7 atom stereocenters. The molecule has 3 heteroatoms. The predicted molar refractivity (Wildman–Crippen MR) is 152 cm³/mol. The first-order valence-corrected chi connectivity index (χ1v) is 15.9. The number of nitrogens with zero attached hydrogens (tertiary/aromatic N) is 2. The van der Waals surface area contributed by atoms with Gasteiger partial charge in [0.05, 0.1) is 5.71 Å². The largest absolute Gasteiger partial charge is 0.394 e. The van der Waals surface area contributed by atoms with E-state index in [2.05, 4.69) is 50.8 Å². The van der Waals surface area contributed by atoms with E-state index in [-0.39, 0.29) is 0 Å². The SMILES string of the molecule is CC(C)CCC[C@@H](C)C1CCC2C3CCC4=C/C(=N/OCCN5CCCC5)CC[C@]4(C)C3CC[C@@]21C. The minimum atomic E-state index is 0.403. The van der Waals surface area contributed by atoms with Crippen molar-refractivity contribution in [1.82, 2.24) is 4.90 Å². The summed E-state index contributed by atoms with van der Waals surface area (Å²) in [5, 5.41) is 4.61. The zero-order chi connectivity index (χ0) is 25.3. The van der Waals surface area contributed by atoms with E-state index >= 15 is 0 Å². The molecular formula is C33H56N2O. The number of allylic oxidation sites excluding steroid dienone is 2. The third-order valence-corrected chi connectivity index (χ3v) is 12.1. The third-order valence-electron chi connectivity index (χ3n) is 12.1. The topological polar surface area (TPSA) is 24.8 Å². The Bertz CT molecular complexity index is 811. The highest BCUT2D eigenvalue weighted by Gasteiger charge is 2.59. The highest BCUT2D eigenvalue weighted by molar-refractivity contribution is 5.96. The maximum absolute atomic E-state index is 5.80. The molecule has 5 aliphatic rings. The van der Waals surface area contributed by atoms with Crippen LogP contribution in [0.3, 0.4) is 0 Å². The fourth-order valence-electron chi connectivity index (χ4n) is 9.97. The van der Waals surface area contributed by atoms with Crippen molar-refractivity contribution in [2.24, 2.45) is 51.5 Å². The molecule has 0 radical (unpaired) electrons. The average molecular weight is 497 g/mol. The maximum atomic E-state index is 5.80. The van der Waals surface area contributed by atoms with E-state index in [1.807, 2.05) is 0 Å². The summed E-state index contributed by atoms with van der Waals surface area (Å²) in [4.78, 5) is 8.31. The van der Waals surface area contributed by atoms with Crippen molar-refractivity contribution in [2.75, 3.05) is 26.2 Å². The van der Waals surface area contributed by atoms with Crippen LogP contribution in [0, 0.1) is 46.3 Å². The highest BCUT2D eigenvalue weighted by atomic mass is 16.6. The Morgan fingerprint density at radius 2 is 1.78 bits per heavy atom.